The van der Waals surface area contributed by atoms with Crippen molar-refractivity contribution < 1.29 is 41.5 Å². The fourth-order valence-corrected chi connectivity index (χ4v) is 10.1. The van der Waals surface area contributed by atoms with Crippen LogP contribution in [0.25, 0.3) is 31.8 Å². The van der Waals surface area contributed by atoms with E-state index in [-0.39, 0.29) is 37.5 Å². The Morgan fingerprint density at radius 1 is 1.07 bits per heavy atom. The second-order valence-electron chi connectivity index (χ2n) is 16.7. The molecule has 4 aliphatic rings. The molecule has 1 saturated heterocycles. The fourth-order valence-electron chi connectivity index (χ4n) is 7.75. The van der Waals surface area contributed by atoms with Gasteiger partial charge in [0.2, 0.25) is 27.7 Å². The highest BCUT2D eigenvalue weighted by Crippen LogP contribution is 2.46. The number of aromatic nitrogens is 3. The Balaban J connectivity index is 1.15. The van der Waals surface area contributed by atoms with Crippen molar-refractivity contribution in [2.24, 2.45) is 5.92 Å². The normalized spacial score (nSPS) is 25.9. The molecule has 15 nitrogen and oxygen atoms in total. The number of ether oxygens (including phenoxy) is 2. The first-order valence-corrected chi connectivity index (χ1v) is 22.3. The van der Waals surface area contributed by atoms with Crippen molar-refractivity contribution in [3.8, 4) is 17.3 Å². The molecule has 0 bridgehead atoms. The highest BCUT2D eigenvalue weighted by Gasteiger charge is 2.62. The average Bonchev–Trinajstić information content (AvgIpc) is 4.07. The summed E-state index contributed by atoms with van der Waals surface area (Å²) in [7, 11) is -3.93. The summed E-state index contributed by atoms with van der Waals surface area (Å²) in [5.74, 6) is -2.65. The van der Waals surface area contributed by atoms with Gasteiger partial charge < -0.3 is 25.0 Å². The molecule has 0 spiro atoms. The van der Waals surface area contributed by atoms with Gasteiger partial charge in [-0.05, 0) is 83.6 Å². The predicted molar refractivity (Wildman–Crippen MR) is 217 cm³/mol. The summed E-state index contributed by atoms with van der Waals surface area (Å²) in [6.45, 7) is 5.03. The quantitative estimate of drug-likeness (QED) is 0.204. The molecule has 0 radical (unpaired) electrons. The SMILES string of the molecule is CC(C)(C)OC(=O)N[C@H]1CCCCC/C=C\[C@H]2C[C@@]2(C(=O)NS(=O)(=O)C2CC2)NC(=O)[C@@H]2C[C@@H](Oc3nc(-c4cccc(F)c4)nc4c3sc3ncccc34)CN2C1=O. The lowest BCUT2D eigenvalue weighted by Crippen LogP contribution is -2.58. The minimum Gasteiger partial charge on any atom is -0.471 e. The van der Waals surface area contributed by atoms with Crippen LogP contribution in [-0.4, -0.2) is 93.2 Å². The fraction of sp³-hybridized carbons (Fsp3) is 0.488. The number of carbonyl (C=O) groups excluding carboxylic acids is 4. The lowest BCUT2D eigenvalue weighted by molar-refractivity contribution is -0.141. The second kappa shape index (κ2) is 15.7. The maximum atomic E-state index is 14.7. The number of benzene rings is 1. The first kappa shape index (κ1) is 40.5. The number of rotatable bonds is 7. The van der Waals surface area contributed by atoms with Crippen molar-refractivity contribution in [2.75, 3.05) is 6.54 Å². The molecule has 59 heavy (non-hydrogen) atoms. The minimum atomic E-state index is -3.93. The van der Waals surface area contributed by atoms with Crippen LogP contribution in [0.3, 0.4) is 0 Å². The molecular weight excluding hydrogens is 802 g/mol. The van der Waals surface area contributed by atoms with Crippen LogP contribution in [-0.2, 0) is 29.1 Å². The third kappa shape index (κ3) is 8.74. The monoisotopic (exact) mass is 847 g/mol. The number of nitrogens with one attached hydrogen (secondary N) is 3. The topological polar surface area (TPSA) is 199 Å². The zero-order chi connectivity index (χ0) is 41.7. The van der Waals surface area contributed by atoms with E-state index in [1.165, 1.54) is 28.4 Å². The molecule has 312 valence electrons. The van der Waals surface area contributed by atoms with Gasteiger partial charge in [0.1, 0.15) is 44.7 Å². The summed E-state index contributed by atoms with van der Waals surface area (Å²) in [6.07, 6.45) is 7.85. The maximum Gasteiger partial charge on any atom is 0.408 e. The molecule has 5 heterocycles. The molecule has 3 N–H and O–H groups in total. The molecule has 3 fully saturated rings. The Kier molecular flexibility index (Phi) is 10.8. The van der Waals surface area contributed by atoms with Gasteiger partial charge in [0.15, 0.2) is 5.82 Å². The molecule has 4 aromatic rings. The van der Waals surface area contributed by atoms with Gasteiger partial charge >= 0.3 is 6.09 Å². The average molecular weight is 848 g/mol. The van der Waals surface area contributed by atoms with Crippen LogP contribution < -0.4 is 20.1 Å². The largest absolute Gasteiger partial charge is 0.471 e. The van der Waals surface area contributed by atoms with Gasteiger partial charge in [-0.2, -0.15) is 4.98 Å². The Morgan fingerprint density at radius 3 is 2.64 bits per heavy atom. The van der Waals surface area contributed by atoms with Crippen molar-refractivity contribution >= 4 is 65.6 Å². The summed E-state index contributed by atoms with van der Waals surface area (Å²) < 4.78 is 55.2. The maximum absolute atomic E-state index is 14.7. The molecule has 1 aromatic carbocycles. The zero-order valence-corrected chi connectivity index (χ0v) is 34.5. The van der Waals surface area contributed by atoms with E-state index >= 15 is 0 Å². The first-order chi connectivity index (χ1) is 28.1. The lowest BCUT2D eigenvalue weighted by atomic mass is 10.0. The molecule has 2 aliphatic heterocycles. The minimum absolute atomic E-state index is 0.0424. The standard InChI is InChI=1S/C41H46FN7O8S2/c1-40(2,3)57-39(53)44-29-15-8-6-4-5-7-12-24-21-41(24,38(52)48-59(54,55)27-16-17-27)47-34(50)30-20-26(22-49(30)37(29)51)56-35-32-31(28-14-10-18-43-36(28)58-32)45-33(46-35)23-11-9-13-25(42)19-23/h7,9-14,18-19,24,26-27,29-30H,4-6,8,15-17,20-22H2,1-3H3,(H,44,53)(H,47,50)(H,48,52)/b12-7-/t24-,26+,29-,30-,41+/m0/s1. The number of nitrogens with zero attached hydrogens (tertiary/aromatic N) is 4. The van der Waals surface area contributed by atoms with Crippen molar-refractivity contribution in [3.63, 3.8) is 0 Å². The lowest BCUT2D eigenvalue weighted by Gasteiger charge is -2.30. The van der Waals surface area contributed by atoms with Crippen LogP contribution in [0.15, 0.2) is 54.7 Å². The van der Waals surface area contributed by atoms with Crippen molar-refractivity contribution in [1.82, 2.24) is 35.2 Å². The van der Waals surface area contributed by atoms with Crippen LogP contribution in [0.5, 0.6) is 5.88 Å². The van der Waals surface area contributed by atoms with E-state index in [0.717, 1.165) is 18.2 Å². The molecule has 3 aromatic heterocycles. The van der Waals surface area contributed by atoms with Crippen LogP contribution in [0.2, 0.25) is 0 Å². The van der Waals surface area contributed by atoms with Gasteiger partial charge in [0.25, 0.3) is 5.91 Å². The summed E-state index contributed by atoms with van der Waals surface area (Å²) in [5, 5.41) is 5.69. The molecule has 4 amide bonds. The number of allylic oxidation sites excluding steroid dienone is 1. The van der Waals surface area contributed by atoms with Crippen LogP contribution in [0, 0.1) is 11.7 Å². The molecule has 18 heteroatoms. The predicted octanol–water partition coefficient (Wildman–Crippen LogP) is 5.29. The van der Waals surface area contributed by atoms with E-state index in [1.807, 2.05) is 18.2 Å². The highest BCUT2D eigenvalue weighted by molar-refractivity contribution is 7.91. The first-order valence-electron chi connectivity index (χ1n) is 19.9. The number of alkyl carbamates (subject to hydrolysis) is 1. The molecular formula is C41H46FN7O8S2. The van der Waals surface area contributed by atoms with Crippen molar-refractivity contribution in [2.45, 2.75) is 113 Å². The highest BCUT2D eigenvalue weighted by atomic mass is 32.2. The molecule has 5 atom stereocenters. The van der Waals surface area contributed by atoms with E-state index in [0.29, 0.717) is 46.3 Å². The Hall–Kier alpha value is -5.23. The van der Waals surface area contributed by atoms with E-state index in [9.17, 15) is 32.0 Å². The van der Waals surface area contributed by atoms with Gasteiger partial charge in [-0.25, -0.2) is 27.6 Å². The Labute approximate surface area is 344 Å². The van der Waals surface area contributed by atoms with Gasteiger partial charge in [-0.15, -0.1) is 11.3 Å². The van der Waals surface area contributed by atoms with Crippen molar-refractivity contribution in [3.05, 3.63) is 60.6 Å². The molecule has 8 rings (SSSR count). The van der Waals surface area contributed by atoms with Gasteiger partial charge in [-0.3, -0.25) is 19.1 Å². The van der Waals surface area contributed by atoms with Gasteiger partial charge in [-0.1, -0.05) is 37.1 Å². The molecule has 2 saturated carbocycles. The van der Waals surface area contributed by atoms with E-state index < -0.39 is 80.2 Å². The summed E-state index contributed by atoms with van der Waals surface area (Å²) in [4.78, 5) is 72.2. The number of thiophene rings is 1. The number of halogens is 1. The number of amides is 4. The number of hydrogen-bond donors (Lipinski definition) is 3. The van der Waals surface area contributed by atoms with Crippen molar-refractivity contribution in [1.29, 1.82) is 0 Å². The third-order valence-electron chi connectivity index (χ3n) is 11.0. The molecule has 2 aliphatic carbocycles. The summed E-state index contributed by atoms with van der Waals surface area (Å²) in [5.41, 5.74) is -1.45. The smallest absolute Gasteiger partial charge is 0.408 e. The van der Waals surface area contributed by atoms with Gasteiger partial charge in [0, 0.05) is 29.5 Å². The summed E-state index contributed by atoms with van der Waals surface area (Å²) in [6, 6.07) is 7.24. The Bertz CT molecular complexity index is 2470. The van der Waals surface area contributed by atoms with E-state index in [1.54, 1.807) is 45.2 Å². The number of pyridine rings is 1. The second-order valence-corrected chi connectivity index (χ2v) is 19.7. The number of hydrogen-bond acceptors (Lipinski definition) is 12. The number of carbonyl (C=O) groups is 4. The zero-order valence-electron chi connectivity index (χ0n) is 32.9. The van der Waals surface area contributed by atoms with E-state index in [4.69, 9.17) is 19.4 Å². The van der Waals surface area contributed by atoms with Crippen LogP contribution in [0.4, 0.5) is 9.18 Å². The van der Waals surface area contributed by atoms with E-state index in [2.05, 4.69) is 20.3 Å². The number of fused-ring (bicyclic) bond motifs is 5. The molecule has 0 unspecified atom stereocenters. The van der Waals surface area contributed by atoms with Gasteiger partial charge in [0.05, 0.1) is 17.3 Å². The number of sulfonamides is 1. The Morgan fingerprint density at radius 2 is 1.88 bits per heavy atom. The van der Waals surface area contributed by atoms with Crippen LogP contribution in [0.1, 0.15) is 78.6 Å². The third-order valence-corrected chi connectivity index (χ3v) is 13.9. The summed E-state index contributed by atoms with van der Waals surface area (Å²) >= 11 is 1.30. The van der Waals surface area contributed by atoms with Crippen LogP contribution >= 0.6 is 11.3 Å².